The molecule has 0 aliphatic heterocycles. The first-order valence-corrected chi connectivity index (χ1v) is 9.54. The van der Waals surface area contributed by atoms with Crippen LogP contribution in [0, 0.1) is 5.92 Å². The molecule has 1 N–H and O–H groups in total. The number of benzene rings is 2. The maximum absolute atomic E-state index is 12.4. The fraction of sp³-hybridized carbons (Fsp3) is 0.238. The van der Waals surface area contributed by atoms with Gasteiger partial charge in [0.15, 0.2) is 0 Å². The third-order valence-corrected chi connectivity index (χ3v) is 5.56. The number of carbonyl (C=O) groups is 1. The van der Waals surface area contributed by atoms with Gasteiger partial charge in [-0.25, -0.2) is 4.98 Å². The lowest BCUT2D eigenvalue weighted by Gasteiger charge is -2.03. The molecular formula is C21H20N2O2S. The Morgan fingerprint density at radius 3 is 2.69 bits per heavy atom. The summed E-state index contributed by atoms with van der Waals surface area (Å²) in [5.74, 6) is 1.41. The monoisotopic (exact) mass is 364 g/mol. The molecule has 1 aliphatic carbocycles. The smallest absolute Gasteiger partial charge is 0.224 e. The van der Waals surface area contributed by atoms with Gasteiger partial charge < -0.3 is 10.1 Å². The average molecular weight is 364 g/mol. The zero-order valence-corrected chi connectivity index (χ0v) is 15.3. The van der Waals surface area contributed by atoms with E-state index in [2.05, 4.69) is 22.4 Å². The van der Waals surface area contributed by atoms with Crippen molar-refractivity contribution in [1.29, 1.82) is 0 Å². The molecule has 2 aromatic carbocycles. The van der Waals surface area contributed by atoms with Gasteiger partial charge in [0.2, 0.25) is 5.91 Å². The molecule has 0 bridgehead atoms. The number of ether oxygens (including phenoxy) is 1. The van der Waals surface area contributed by atoms with Crippen molar-refractivity contribution >= 4 is 17.2 Å². The lowest BCUT2D eigenvalue weighted by Crippen LogP contribution is -2.24. The number of aromatic nitrogens is 1. The molecule has 4 nitrogen and oxygen atoms in total. The SMILES string of the molecule is COc1ccc(-c2csc(CNC(=O)[C@H]3C[C@@H]3c3ccccc3)n2)cc1. The molecule has 1 heterocycles. The van der Waals surface area contributed by atoms with Gasteiger partial charge in [-0.3, -0.25) is 4.79 Å². The van der Waals surface area contributed by atoms with Crippen LogP contribution in [0.1, 0.15) is 22.9 Å². The number of amides is 1. The molecular weight excluding hydrogens is 344 g/mol. The molecule has 0 spiro atoms. The number of nitrogens with one attached hydrogen (secondary N) is 1. The molecule has 0 radical (unpaired) electrons. The molecule has 5 heteroatoms. The average Bonchev–Trinajstić information content (AvgIpc) is 3.37. The van der Waals surface area contributed by atoms with Crippen molar-refractivity contribution in [2.24, 2.45) is 5.92 Å². The number of thiazole rings is 1. The van der Waals surface area contributed by atoms with Gasteiger partial charge in [0.05, 0.1) is 19.3 Å². The second-order valence-electron chi connectivity index (χ2n) is 6.43. The topological polar surface area (TPSA) is 51.2 Å². The maximum Gasteiger partial charge on any atom is 0.224 e. The maximum atomic E-state index is 12.4. The van der Waals surface area contributed by atoms with Crippen molar-refractivity contribution in [2.45, 2.75) is 18.9 Å². The zero-order valence-electron chi connectivity index (χ0n) is 14.5. The van der Waals surface area contributed by atoms with Gasteiger partial charge in [-0.1, -0.05) is 30.3 Å². The highest BCUT2D eigenvalue weighted by atomic mass is 32.1. The van der Waals surface area contributed by atoms with E-state index >= 15 is 0 Å². The van der Waals surface area contributed by atoms with Gasteiger partial charge in [0, 0.05) is 16.9 Å². The van der Waals surface area contributed by atoms with Crippen LogP contribution in [0.3, 0.4) is 0 Å². The lowest BCUT2D eigenvalue weighted by molar-refractivity contribution is -0.122. The Hall–Kier alpha value is -2.66. The predicted octanol–water partition coefficient (Wildman–Crippen LogP) is 4.24. The molecule has 4 rings (SSSR count). The summed E-state index contributed by atoms with van der Waals surface area (Å²) in [6.07, 6.45) is 0.935. The van der Waals surface area contributed by atoms with Crippen LogP contribution in [0.4, 0.5) is 0 Å². The third kappa shape index (κ3) is 3.63. The quantitative estimate of drug-likeness (QED) is 0.712. The predicted molar refractivity (Wildman–Crippen MR) is 103 cm³/mol. The summed E-state index contributed by atoms with van der Waals surface area (Å²) in [7, 11) is 1.65. The van der Waals surface area contributed by atoms with Gasteiger partial charge in [-0.2, -0.15) is 0 Å². The van der Waals surface area contributed by atoms with E-state index in [9.17, 15) is 4.79 Å². The number of nitrogens with zero attached hydrogens (tertiary/aromatic N) is 1. The number of hydrogen-bond acceptors (Lipinski definition) is 4. The Morgan fingerprint density at radius 1 is 1.19 bits per heavy atom. The molecule has 1 amide bonds. The van der Waals surface area contributed by atoms with Crippen LogP contribution in [0.15, 0.2) is 60.0 Å². The van der Waals surface area contributed by atoms with Crippen LogP contribution in [0.25, 0.3) is 11.3 Å². The second-order valence-corrected chi connectivity index (χ2v) is 7.37. The standard InChI is InChI=1S/C21H20N2O2S/c1-25-16-9-7-15(8-10-16)19-13-26-20(23-19)12-22-21(24)18-11-17(18)14-5-3-2-4-6-14/h2-10,13,17-18H,11-12H2,1H3,(H,22,24)/t17-,18+/m1/s1. The van der Waals surface area contributed by atoms with E-state index in [4.69, 9.17) is 4.74 Å². The van der Waals surface area contributed by atoms with E-state index in [0.29, 0.717) is 12.5 Å². The third-order valence-electron chi connectivity index (χ3n) is 4.71. The summed E-state index contributed by atoms with van der Waals surface area (Å²) in [5, 5.41) is 5.97. The number of methoxy groups -OCH3 is 1. The molecule has 2 atom stereocenters. The summed E-state index contributed by atoms with van der Waals surface area (Å²) < 4.78 is 5.18. The second kappa shape index (κ2) is 7.30. The Balaban J connectivity index is 1.33. The minimum Gasteiger partial charge on any atom is -0.497 e. The summed E-state index contributed by atoms with van der Waals surface area (Å²) >= 11 is 1.57. The van der Waals surface area contributed by atoms with Crippen molar-refractivity contribution in [1.82, 2.24) is 10.3 Å². The van der Waals surface area contributed by atoms with Crippen LogP contribution in [-0.2, 0) is 11.3 Å². The minimum atomic E-state index is 0.0958. The summed E-state index contributed by atoms with van der Waals surface area (Å²) in [4.78, 5) is 17.0. The zero-order chi connectivity index (χ0) is 17.9. The molecule has 26 heavy (non-hydrogen) atoms. The van der Waals surface area contributed by atoms with E-state index < -0.39 is 0 Å². The van der Waals surface area contributed by atoms with Gasteiger partial charge in [-0.05, 0) is 42.2 Å². The molecule has 3 aromatic rings. The minimum absolute atomic E-state index is 0.0958. The summed E-state index contributed by atoms with van der Waals surface area (Å²) in [5.41, 5.74) is 3.23. The normalized spacial score (nSPS) is 18.3. The molecule has 1 fully saturated rings. The van der Waals surface area contributed by atoms with Crippen LogP contribution in [-0.4, -0.2) is 18.0 Å². The highest BCUT2D eigenvalue weighted by Crippen LogP contribution is 2.47. The van der Waals surface area contributed by atoms with Crippen LogP contribution in [0.2, 0.25) is 0 Å². The Labute approximate surface area is 156 Å². The molecule has 0 unspecified atom stereocenters. The Morgan fingerprint density at radius 2 is 1.96 bits per heavy atom. The Kier molecular flexibility index (Phi) is 4.71. The molecule has 1 aliphatic rings. The molecule has 1 aromatic heterocycles. The van der Waals surface area contributed by atoms with Crippen molar-refractivity contribution in [3.05, 3.63) is 70.5 Å². The van der Waals surface area contributed by atoms with E-state index in [1.807, 2.05) is 47.8 Å². The lowest BCUT2D eigenvalue weighted by atomic mass is 10.1. The molecule has 1 saturated carbocycles. The van der Waals surface area contributed by atoms with Crippen molar-refractivity contribution in [3.8, 4) is 17.0 Å². The highest BCUT2D eigenvalue weighted by Gasteiger charge is 2.43. The van der Waals surface area contributed by atoms with Gasteiger partial charge in [0.1, 0.15) is 10.8 Å². The van der Waals surface area contributed by atoms with E-state index in [1.54, 1.807) is 18.4 Å². The first-order valence-electron chi connectivity index (χ1n) is 8.66. The highest BCUT2D eigenvalue weighted by molar-refractivity contribution is 7.09. The van der Waals surface area contributed by atoms with Gasteiger partial charge >= 0.3 is 0 Å². The van der Waals surface area contributed by atoms with Crippen LogP contribution in [0.5, 0.6) is 5.75 Å². The molecule has 0 saturated heterocycles. The summed E-state index contributed by atoms with van der Waals surface area (Å²) in [6.45, 7) is 0.484. The van der Waals surface area contributed by atoms with Crippen LogP contribution < -0.4 is 10.1 Å². The number of hydrogen-bond donors (Lipinski definition) is 1. The first-order chi connectivity index (χ1) is 12.7. The fourth-order valence-electron chi connectivity index (χ4n) is 3.13. The number of carbonyl (C=O) groups excluding carboxylic acids is 1. The molecule has 132 valence electrons. The van der Waals surface area contributed by atoms with E-state index in [-0.39, 0.29) is 11.8 Å². The van der Waals surface area contributed by atoms with Crippen molar-refractivity contribution in [2.75, 3.05) is 7.11 Å². The van der Waals surface area contributed by atoms with Gasteiger partial charge in [-0.15, -0.1) is 11.3 Å². The van der Waals surface area contributed by atoms with E-state index in [1.165, 1.54) is 5.56 Å². The van der Waals surface area contributed by atoms with Crippen molar-refractivity contribution < 1.29 is 9.53 Å². The first kappa shape index (κ1) is 16.8. The van der Waals surface area contributed by atoms with Crippen LogP contribution >= 0.6 is 11.3 Å². The van der Waals surface area contributed by atoms with Gasteiger partial charge in [0.25, 0.3) is 0 Å². The fourth-order valence-corrected chi connectivity index (χ4v) is 3.88. The Bertz CT molecular complexity index is 890. The number of rotatable bonds is 6. The summed E-state index contributed by atoms with van der Waals surface area (Å²) in [6, 6.07) is 18.1. The van der Waals surface area contributed by atoms with Crippen molar-refractivity contribution in [3.63, 3.8) is 0 Å². The largest absolute Gasteiger partial charge is 0.497 e. The van der Waals surface area contributed by atoms with E-state index in [0.717, 1.165) is 28.4 Å².